The van der Waals surface area contributed by atoms with Gasteiger partial charge < -0.3 is 0 Å². The molecule has 0 aliphatic rings. The van der Waals surface area contributed by atoms with E-state index in [1.807, 2.05) is 37.3 Å². The highest BCUT2D eigenvalue weighted by Crippen LogP contribution is 2.15. The summed E-state index contributed by atoms with van der Waals surface area (Å²) in [5.74, 6) is -0.395. The Morgan fingerprint density at radius 1 is 1.05 bits per heavy atom. The number of hydrogen-bond donors (Lipinski definition) is 1. The van der Waals surface area contributed by atoms with Crippen molar-refractivity contribution in [2.75, 3.05) is 6.54 Å². The van der Waals surface area contributed by atoms with E-state index >= 15 is 0 Å². The smallest absolute Gasteiger partial charge is 0.211 e. The van der Waals surface area contributed by atoms with Crippen LogP contribution in [-0.2, 0) is 10.0 Å². The Kier molecular flexibility index (Phi) is 4.52. The molecule has 5 heteroatoms. The molecule has 3 nitrogen and oxygen atoms in total. The zero-order valence-corrected chi connectivity index (χ0v) is 11.9. The maximum Gasteiger partial charge on any atom is 0.240 e. The molecule has 0 radical (unpaired) electrons. The summed E-state index contributed by atoms with van der Waals surface area (Å²) in [6.07, 6.45) is 0. The number of sulfonamides is 1. The summed E-state index contributed by atoms with van der Waals surface area (Å²) in [5, 5.41) is 0. The second-order valence-corrected chi connectivity index (χ2v) is 6.38. The van der Waals surface area contributed by atoms with Crippen molar-refractivity contribution in [1.82, 2.24) is 4.72 Å². The van der Waals surface area contributed by atoms with Gasteiger partial charge in [0.1, 0.15) is 5.82 Å². The molecule has 0 aliphatic carbocycles. The van der Waals surface area contributed by atoms with E-state index in [2.05, 4.69) is 4.72 Å². The molecular weight excluding hydrogens is 277 g/mol. The Balaban J connectivity index is 2.04. The predicted octanol–water partition coefficient (Wildman–Crippen LogP) is 2.91. The van der Waals surface area contributed by atoms with Crippen molar-refractivity contribution in [1.29, 1.82) is 0 Å². The van der Waals surface area contributed by atoms with Gasteiger partial charge in [0.15, 0.2) is 0 Å². The quantitative estimate of drug-likeness (QED) is 0.921. The third-order valence-corrected chi connectivity index (χ3v) is 4.51. The van der Waals surface area contributed by atoms with Gasteiger partial charge in [0.05, 0.1) is 4.90 Å². The number of hydrogen-bond acceptors (Lipinski definition) is 2. The van der Waals surface area contributed by atoms with Crippen LogP contribution in [0.3, 0.4) is 0 Å². The Labute approximate surface area is 118 Å². The fourth-order valence-electron chi connectivity index (χ4n) is 1.83. The zero-order chi connectivity index (χ0) is 14.6. The van der Waals surface area contributed by atoms with E-state index in [4.69, 9.17) is 0 Å². The van der Waals surface area contributed by atoms with Crippen LogP contribution in [-0.4, -0.2) is 15.0 Å². The summed E-state index contributed by atoms with van der Waals surface area (Å²) >= 11 is 0. The molecule has 0 saturated carbocycles. The molecule has 0 heterocycles. The molecule has 0 saturated heterocycles. The normalized spacial score (nSPS) is 13.1. The summed E-state index contributed by atoms with van der Waals surface area (Å²) in [6, 6.07) is 14.4. The van der Waals surface area contributed by atoms with Gasteiger partial charge in [-0.1, -0.05) is 37.3 Å². The summed E-state index contributed by atoms with van der Waals surface area (Å²) in [7, 11) is -3.60. The first-order chi connectivity index (χ1) is 9.49. The topological polar surface area (TPSA) is 46.2 Å². The van der Waals surface area contributed by atoms with Gasteiger partial charge in [-0.15, -0.1) is 0 Å². The average Bonchev–Trinajstić information content (AvgIpc) is 2.46. The highest BCUT2D eigenvalue weighted by molar-refractivity contribution is 7.89. The van der Waals surface area contributed by atoms with Crippen molar-refractivity contribution >= 4 is 10.0 Å². The fraction of sp³-hybridized carbons (Fsp3) is 0.200. The maximum absolute atomic E-state index is 12.8. The molecule has 0 fully saturated rings. The Hall–Kier alpha value is -1.72. The molecule has 0 aliphatic heterocycles. The molecule has 2 aromatic carbocycles. The van der Waals surface area contributed by atoms with Crippen molar-refractivity contribution in [3.05, 3.63) is 66.0 Å². The number of halogens is 1. The monoisotopic (exact) mass is 293 g/mol. The van der Waals surface area contributed by atoms with Crippen molar-refractivity contribution in [2.24, 2.45) is 0 Å². The van der Waals surface area contributed by atoms with Gasteiger partial charge in [0.2, 0.25) is 10.0 Å². The van der Waals surface area contributed by atoms with Crippen molar-refractivity contribution in [3.63, 3.8) is 0 Å². The van der Waals surface area contributed by atoms with E-state index in [1.54, 1.807) is 0 Å². The minimum atomic E-state index is -3.60. The first-order valence-electron chi connectivity index (χ1n) is 6.29. The molecule has 2 aromatic rings. The molecule has 106 valence electrons. The summed E-state index contributed by atoms with van der Waals surface area (Å²) in [5.41, 5.74) is 1.06. The van der Waals surface area contributed by atoms with Gasteiger partial charge in [-0.3, -0.25) is 0 Å². The molecule has 1 N–H and O–H groups in total. The maximum atomic E-state index is 12.8. The third kappa shape index (κ3) is 3.65. The van der Waals surface area contributed by atoms with Gasteiger partial charge in [-0.2, -0.15) is 0 Å². The zero-order valence-electron chi connectivity index (χ0n) is 11.1. The van der Waals surface area contributed by atoms with E-state index < -0.39 is 15.8 Å². The van der Waals surface area contributed by atoms with Crippen LogP contribution >= 0.6 is 0 Å². The van der Waals surface area contributed by atoms with E-state index in [1.165, 1.54) is 12.1 Å². The molecular formula is C15H16FNO2S. The average molecular weight is 293 g/mol. The summed E-state index contributed by atoms with van der Waals surface area (Å²) in [4.78, 5) is 0.0687. The lowest BCUT2D eigenvalue weighted by Gasteiger charge is -2.13. The Morgan fingerprint density at radius 2 is 1.65 bits per heavy atom. The fourth-order valence-corrected chi connectivity index (χ4v) is 2.96. The second kappa shape index (κ2) is 6.15. The highest BCUT2D eigenvalue weighted by atomic mass is 32.2. The highest BCUT2D eigenvalue weighted by Gasteiger charge is 2.15. The SMILES string of the molecule is CC(CNS(=O)(=O)c1ccc(F)cc1)c1ccccc1. The van der Waals surface area contributed by atoms with Crippen LogP contribution in [0.4, 0.5) is 4.39 Å². The largest absolute Gasteiger partial charge is 0.240 e. The molecule has 1 atom stereocenters. The first kappa shape index (κ1) is 14.7. The molecule has 20 heavy (non-hydrogen) atoms. The standard InChI is InChI=1S/C15H16FNO2S/c1-12(13-5-3-2-4-6-13)11-17-20(18,19)15-9-7-14(16)8-10-15/h2-10,12,17H,11H2,1H3. The molecule has 0 aromatic heterocycles. The number of nitrogens with one attached hydrogen (secondary N) is 1. The van der Waals surface area contributed by atoms with E-state index in [-0.39, 0.29) is 10.8 Å². The van der Waals surface area contributed by atoms with Gasteiger partial charge in [-0.25, -0.2) is 17.5 Å². The Bertz CT molecular complexity index is 654. The molecule has 0 spiro atoms. The van der Waals surface area contributed by atoms with Crippen molar-refractivity contribution in [2.45, 2.75) is 17.7 Å². The molecule has 0 bridgehead atoms. The van der Waals surface area contributed by atoms with Gasteiger partial charge >= 0.3 is 0 Å². The van der Waals surface area contributed by atoms with Crippen LogP contribution in [0.15, 0.2) is 59.5 Å². The summed E-state index contributed by atoms with van der Waals surface area (Å²) < 4.78 is 39.4. The lowest BCUT2D eigenvalue weighted by atomic mass is 10.0. The van der Waals surface area contributed by atoms with E-state index in [9.17, 15) is 12.8 Å². The minimum Gasteiger partial charge on any atom is -0.211 e. The number of rotatable bonds is 5. The minimum absolute atomic E-state index is 0.0615. The summed E-state index contributed by atoms with van der Waals surface area (Å²) in [6.45, 7) is 2.24. The van der Waals surface area contributed by atoms with Gasteiger partial charge in [0, 0.05) is 6.54 Å². The third-order valence-electron chi connectivity index (χ3n) is 3.07. The molecule has 1 unspecified atom stereocenters. The number of benzene rings is 2. The Morgan fingerprint density at radius 3 is 2.25 bits per heavy atom. The van der Waals surface area contributed by atoms with Crippen LogP contribution in [0, 0.1) is 5.82 Å². The van der Waals surface area contributed by atoms with E-state index in [0.717, 1.165) is 17.7 Å². The van der Waals surface area contributed by atoms with E-state index in [0.29, 0.717) is 6.54 Å². The van der Waals surface area contributed by atoms with Crippen LogP contribution in [0.5, 0.6) is 0 Å². The van der Waals surface area contributed by atoms with Crippen LogP contribution < -0.4 is 4.72 Å². The van der Waals surface area contributed by atoms with Crippen molar-refractivity contribution < 1.29 is 12.8 Å². The lowest BCUT2D eigenvalue weighted by Crippen LogP contribution is -2.27. The van der Waals surface area contributed by atoms with Crippen molar-refractivity contribution in [3.8, 4) is 0 Å². The second-order valence-electron chi connectivity index (χ2n) is 4.62. The van der Waals surface area contributed by atoms with Crippen LogP contribution in [0.2, 0.25) is 0 Å². The van der Waals surface area contributed by atoms with Crippen LogP contribution in [0.25, 0.3) is 0 Å². The van der Waals surface area contributed by atoms with Gasteiger partial charge in [-0.05, 0) is 35.7 Å². The van der Waals surface area contributed by atoms with Crippen LogP contribution in [0.1, 0.15) is 18.4 Å². The first-order valence-corrected chi connectivity index (χ1v) is 7.77. The predicted molar refractivity (Wildman–Crippen MR) is 76.4 cm³/mol. The van der Waals surface area contributed by atoms with Gasteiger partial charge in [0.25, 0.3) is 0 Å². The molecule has 0 amide bonds. The molecule has 2 rings (SSSR count). The lowest BCUT2D eigenvalue weighted by molar-refractivity contribution is 0.574.